The number of terminal acetylenes is 1. The predicted molar refractivity (Wildman–Crippen MR) is 59.1 cm³/mol. The van der Waals surface area contributed by atoms with Crippen molar-refractivity contribution in [2.45, 2.75) is 46.2 Å². The average Bonchev–Trinajstić information content (AvgIpc) is 2.03. The summed E-state index contributed by atoms with van der Waals surface area (Å²) in [5.74, 6) is 2.45. The van der Waals surface area contributed by atoms with E-state index in [2.05, 4.69) is 5.92 Å². The van der Waals surface area contributed by atoms with Crippen LogP contribution in [-0.4, -0.2) is 23.4 Å². The minimum Gasteiger partial charge on any atom is -0.129 e. The molecule has 0 amide bonds. The Bertz CT molecular complexity index is 213. The maximum absolute atomic E-state index is 11.7. The van der Waals surface area contributed by atoms with Crippen molar-refractivity contribution in [2.24, 2.45) is 0 Å². The molecular weight excluding hydrogens is 197 g/mol. The van der Waals surface area contributed by atoms with Crippen LogP contribution in [0.4, 0.5) is 0 Å². The summed E-state index contributed by atoms with van der Waals surface area (Å²) >= 11 is 0. The summed E-state index contributed by atoms with van der Waals surface area (Å²) in [6, 6.07) is 0.425. The summed E-state index contributed by atoms with van der Waals surface area (Å²) in [4.78, 5) is 0. The summed E-state index contributed by atoms with van der Waals surface area (Å²) < 4.78 is 18.7. The Labute approximate surface area is 87.7 Å². The topological polar surface area (TPSA) is 29.5 Å². The molecule has 14 heavy (non-hydrogen) atoms. The number of hydrogen-bond donors (Lipinski definition) is 0. The van der Waals surface area contributed by atoms with Crippen LogP contribution in [0.15, 0.2) is 0 Å². The quantitative estimate of drug-likeness (QED) is 0.388. The maximum Gasteiger partial charge on any atom is 0.616 e. The van der Waals surface area contributed by atoms with E-state index in [1.165, 1.54) is 0 Å². The van der Waals surface area contributed by atoms with Crippen LogP contribution in [0.5, 0.6) is 0 Å². The predicted octanol–water partition coefficient (Wildman–Crippen LogP) is 2.80. The number of hydrogen-bond acceptors (Lipinski definition) is 2. The first-order chi connectivity index (χ1) is 6.50. The van der Waals surface area contributed by atoms with Gasteiger partial charge < -0.3 is 0 Å². The van der Waals surface area contributed by atoms with Crippen molar-refractivity contribution in [1.29, 1.82) is 0 Å². The van der Waals surface area contributed by atoms with Crippen molar-refractivity contribution in [3.63, 3.8) is 0 Å². The molecule has 0 rings (SSSR count). The molecule has 0 saturated heterocycles. The fraction of sp³-hybridized carbons (Fsp3) is 0.800. The Morgan fingerprint density at radius 3 is 2.21 bits per heavy atom. The lowest BCUT2D eigenvalue weighted by Crippen LogP contribution is -2.31. The van der Waals surface area contributed by atoms with Gasteiger partial charge in [0.15, 0.2) is 0 Å². The van der Waals surface area contributed by atoms with Crippen molar-refractivity contribution >= 4 is 8.18 Å². The minimum atomic E-state index is -1.75. The molecule has 0 aromatic rings. The molecule has 1 atom stereocenters. The lowest BCUT2D eigenvalue weighted by molar-refractivity contribution is 0.237. The van der Waals surface area contributed by atoms with Crippen LogP contribution < -0.4 is 0 Å². The van der Waals surface area contributed by atoms with Gasteiger partial charge in [-0.15, -0.1) is 16.9 Å². The SMILES string of the molecule is C#CCCO[P+](=O)N(C(C)C)C(C)C. The Morgan fingerprint density at radius 1 is 1.36 bits per heavy atom. The van der Waals surface area contributed by atoms with E-state index in [9.17, 15) is 4.57 Å². The third-order valence-electron chi connectivity index (χ3n) is 1.69. The molecule has 0 saturated carbocycles. The highest BCUT2D eigenvalue weighted by Crippen LogP contribution is 2.32. The van der Waals surface area contributed by atoms with Gasteiger partial charge >= 0.3 is 8.18 Å². The Balaban J connectivity index is 4.11. The van der Waals surface area contributed by atoms with E-state index in [4.69, 9.17) is 10.9 Å². The van der Waals surface area contributed by atoms with Gasteiger partial charge in [-0.3, -0.25) is 0 Å². The van der Waals surface area contributed by atoms with E-state index in [-0.39, 0.29) is 12.1 Å². The fourth-order valence-corrected chi connectivity index (χ4v) is 2.36. The van der Waals surface area contributed by atoms with Crippen molar-refractivity contribution in [3.8, 4) is 12.3 Å². The molecule has 80 valence electrons. The molecule has 0 aromatic heterocycles. The van der Waals surface area contributed by atoms with Crippen molar-refractivity contribution in [1.82, 2.24) is 4.67 Å². The molecule has 0 radical (unpaired) electrons. The minimum absolute atomic E-state index is 0.212. The molecule has 1 unspecified atom stereocenters. The van der Waals surface area contributed by atoms with E-state index in [0.717, 1.165) is 0 Å². The van der Waals surface area contributed by atoms with Crippen LogP contribution >= 0.6 is 8.18 Å². The first-order valence-corrected chi connectivity index (χ1v) is 5.95. The number of nitrogens with zero attached hydrogens (tertiary/aromatic N) is 1. The number of rotatable bonds is 6. The van der Waals surface area contributed by atoms with Gasteiger partial charge in [-0.2, -0.15) is 0 Å². The first-order valence-electron chi connectivity index (χ1n) is 4.82. The summed E-state index contributed by atoms with van der Waals surface area (Å²) in [5.41, 5.74) is 0. The molecular formula is C10H19NO2P+. The Morgan fingerprint density at radius 2 is 1.86 bits per heavy atom. The van der Waals surface area contributed by atoms with E-state index < -0.39 is 8.18 Å². The molecule has 4 heteroatoms. The van der Waals surface area contributed by atoms with Gasteiger partial charge in [-0.05, 0) is 32.3 Å². The molecule has 0 spiro atoms. The highest BCUT2D eigenvalue weighted by Gasteiger charge is 2.35. The molecule has 0 aromatic carbocycles. The van der Waals surface area contributed by atoms with E-state index in [0.29, 0.717) is 13.0 Å². The van der Waals surface area contributed by atoms with Crippen LogP contribution in [0, 0.1) is 12.3 Å². The van der Waals surface area contributed by atoms with Crippen LogP contribution in [0.2, 0.25) is 0 Å². The second-order valence-electron chi connectivity index (χ2n) is 3.59. The summed E-state index contributed by atoms with van der Waals surface area (Å²) in [6.45, 7) is 8.35. The third-order valence-corrected chi connectivity index (χ3v) is 3.40. The lowest BCUT2D eigenvalue weighted by atomic mass is 10.3. The van der Waals surface area contributed by atoms with E-state index in [1.54, 1.807) is 0 Å². The van der Waals surface area contributed by atoms with E-state index in [1.807, 2.05) is 32.4 Å². The molecule has 0 aliphatic carbocycles. The fourth-order valence-electron chi connectivity index (χ4n) is 1.22. The smallest absolute Gasteiger partial charge is 0.129 e. The van der Waals surface area contributed by atoms with Gasteiger partial charge in [0.25, 0.3) is 0 Å². The zero-order valence-electron chi connectivity index (χ0n) is 9.36. The monoisotopic (exact) mass is 216 g/mol. The molecule has 0 aliphatic heterocycles. The van der Waals surface area contributed by atoms with Gasteiger partial charge in [0.1, 0.15) is 6.61 Å². The second-order valence-corrected chi connectivity index (χ2v) is 4.79. The third kappa shape index (κ3) is 4.72. The summed E-state index contributed by atoms with van der Waals surface area (Å²) in [5, 5.41) is 0. The van der Waals surface area contributed by atoms with Gasteiger partial charge in [0, 0.05) is 6.42 Å². The Kier molecular flexibility index (Phi) is 6.74. The summed E-state index contributed by atoms with van der Waals surface area (Å²) in [6.07, 6.45) is 5.58. The van der Waals surface area contributed by atoms with E-state index >= 15 is 0 Å². The van der Waals surface area contributed by atoms with Crippen LogP contribution in [0.3, 0.4) is 0 Å². The Hall–Kier alpha value is -0.420. The standard InChI is InChI=1S/C10H19NO2P/c1-6-7-8-13-14(12)11(9(2)3)10(4)5/h1,9-10H,7-8H2,2-5H3/q+1. The molecule has 0 aliphatic rings. The lowest BCUT2D eigenvalue weighted by Gasteiger charge is -2.17. The normalized spacial score (nSPS) is 12.3. The molecule has 0 bridgehead atoms. The summed E-state index contributed by atoms with van der Waals surface area (Å²) in [7, 11) is -1.75. The van der Waals surface area contributed by atoms with Gasteiger partial charge in [-0.25, -0.2) is 0 Å². The van der Waals surface area contributed by atoms with Gasteiger partial charge in [0.2, 0.25) is 0 Å². The van der Waals surface area contributed by atoms with Gasteiger partial charge in [0.05, 0.1) is 12.1 Å². The zero-order chi connectivity index (χ0) is 11.1. The molecule has 0 heterocycles. The molecule has 0 fully saturated rings. The van der Waals surface area contributed by atoms with Gasteiger partial charge in [-0.1, -0.05) is 4.67 Å². The first kappa shape index (κ1) is 13.6. The second kappa shape index (κ2) is 6.95. The molecule has 0 N–H and O–H groups in total. The van der Waals surface area contributed by atoms with Crippen molar-refractivity contribution in [2.75, 3.05) is 6.61 Å². The van der Waals surface area contributed by atoms with Crippen molar-refractivity contribution in [3.05, 3.63) is 0 Å². The highest BCUT2D eigenvalue weighted by atomic mass is 31.1. The largest absolute Gasteiger partial charge is 0.616 e. The highest BCUT2D eigenvalue weighted by molar-refractivity contribution is 7.36. The molecule has 3 nitrogen and oxygen atoms in total. The average molecular weight is 216 g/mol. The van der Waals surface area contributed by atoms with Crippen LogP contribution in [0.1, 0.15) is 34.1 Å². The van der Waals surface area contributed by atoms with Crippen LogP contribution in [-0.2, 0) is 9.09 Å². The van der Waals surface area contributed by atoms with Crippen LogP contribution in [0.25, 0.3) is 0 Å². The van der Waals surface area contributed by atoms with Crippen molar-refractivity contribution < 1.29 is 9.09 Å². The maximum atomic E-state index is 11.7. The zero-order valence-corrected chi connectivity index (χ0v) is 10.3.